The van der Waals surface area contributed by atoms with Gasteiger partial charge < -0.3 is 4.42 Å². The molecule has 0 radical (unpaired) electrons. The minimum absolute atomic E-state index is 0.126. The zero-order valence-electron chi connectivity index (χ0n) is 11.9. The fourth-order valence-electron chi connectivity index (χ4n) is 2.04. The molecule has 8 heteroatoms. The van der Waals surface area contributed by atoms with E-state index in [-0.39, 0.29) is 17.3 Å². The highest BCUT2D eigenvalue weighted by Gasteiger charge is 2.27. The van der Waals surface area contributed by atoms with Gasteiger partial charge in [-0.3, -0.25) is 4.98 Å². The smallest absolute Gasteiger partial charge is 0.253 e. The Kier molecular flexibility index (Phi) is 4.82. The summed E-state index contributed by atoms with van der Waals surface area (Å²) in [6.45, 7) is 0.279. The van der Waals surface area contributed by atoms with Crippen molar-refractivity contribution in [2.45, 2.75) is 17.3 Å². The molecule has 120 valence electrons. The van der Waals surface area contributed by atoms with Crippen molar-refractivity contribution in [2.75, 3.05) is 0 Å². The highest BCUT2D eigenvalue weighted by molar-refractivity contribution is 7.91. The average Bonchev–Trinajstić information content (AvgIpc) is 3.19. The number of sulfonamides is 1. The summed E-state index contributed by atoms with van der Waals surface area (Å²) in [7, 11) is -3.69. The lowest BCUT2D eigenvalue weighted by Gasteiger charge is -2.20. The molecule has 0 saturated heterocycles. The SMILES string of the molecule is O=S(=O)(c1ccc(Cl)s1)N(Cc1ccccn1)Cc1ccco1. The largest absolute Gasteiger partial charge is 0.468 e. The van der Waals surface area contributed by atoms with Crippen LogP contribution in [0.2, 0.25) is 4.34 Å². The number of halogens is 1. The molecular weight excluding hydrogens is 356 g/mol. The predicted octanol–water partition coefficient (Wildman–Crippen LogP) is 3.78. The standard InChI is InChI=1S/C15H13ClN2O3S2/c16-14-6-7-15(22-14)23(19,20)18(11-13-5-3-9-21-13)10-12-4-1-2-8-17-12/h1-9H,10-11H2. The van der Waals surface area contributed by atoms with Crippen molar-refractivity contribution in [1.29, 1.82) is 0 Å². The Morgan fingerprint density at radius 1 is 1.13 bits per heavy atom. The Balaban J connectivity index is 1.93. The molecule has 5 nitrogen and oxygen atoms in total. The summed E-state index contributed by atoms with van der Waals surface area (Å²) in [5.41, 5.74) is 0.658. The lowest BCUT2D eigenvalue weighted by atomic mass is 10.3. The number of pyridine rings is 1. The van der Waals surface area contributed by atoms with Gasteiger partial charge in [0.25, 0.3) is 10.0 Å². The fraction of sp³-hybridized carbons (Fsp3) is 0.133. The van der Waals surface area contributed by atoms with Crippen molar-refractivity contribution in [1.82, 2.24) is 9.29 Å². The molecule has 0 atom stereocenters. The Bertz CT molecular complexity index is 861. The summed E-state index contributed by atoms with van der Waals surface area (Å²) < 4.78 is 33.0. The molecule has 0 amide bonds. The molecule has 0 aliphatic heterocycles. The first kappa shape index (κ1) is 16.2. The van der Waals surface area contributed by atoms with E-state index in [2.05, 4.69) is 4.98 Å². The molecule has 3 aromatic heterocycles. The van der Waals surface area contributed by atoms with Crippen LogP contribution in [0, 0.1) is 0 Å². The van der Waals surface area contributed by atoms with E-state index in [1.165, 1.54) is 16.6 Å². The minimum atomic E-state index is -3.69. The lowest BCUT2D eigenvalue weighted by molar-refractivity contribution is 0.356. The van der Waals surface area contributed by atoms with Crippen LogP contribution in [0.25, 0.3) is 0 Å². The molecule has 0 N–H and O–H groups in total. The molecule has 3 rings (SSSR count). The summed E-state index contributed by atoms with van der Waals surface area (Å²) in [6.07, 6.45) is 3.15. The van der Waals surface area contributed by atoms with E-state index < -0.39 is 10.0 Å². The van der Waals surface area contributed by atoms with Crippen LogP contribution in [0.3, 0.4) is 0 Å². The first-order valence-corrected chi connectivity index (χ1v) is 9.37. The highest BCUT2D eigenvalue weighted by atomic mass is 35.5. The van der Waals surface area contributed by atoms with Gasteiger partial charge in [-0.05, 0) is 36.4 Å². The third kappa shape index (κ3) is 3.81. The first-order valence-electron chi connectivity index (χ1n) is 6.73. The summed E-state index contributed by atoms with van der Waals surface area (Å²) in [5, 5.41) is 0. The molecule has 3 aromatic rings. The molecule has 0 fully saturated rings. The van der Waals surface area contributed by atoms with Gasteiger partial charge in [0.05, 0.1) is 29.4 Å². The maximum atomic E-state index is 12.9. The van der Waals surface area contributed by atoms with Crippen molar-refractivity contribution in [3.05, 3.63) is 70.7 Å². The van der Waals surface area contributed by atoms with E-state index >= 15 is 0 Å². The van der Waals surface area contributed by atoms with E-state index in [1.54, 1.807) is 36.5 Å². The Labute approximate surface area is 143 Å². The van der Waals surface area contributed by atoms with Crippen LogP contribution in [-0.2, 0) is 23.1 Å². The Hall–Kier alpha value is -1.67. The lowest BCUT2D eigenvalue weighted by Crippen LogP contribution is -2.30. The molecule has 0 bridgehead atoms. The van der Waals surface area contributed by atoms with Gasteiger partial charge in [0.15, 0.2) is 0 Å². The van der Waals surface area contributed by atoms with Gasteiger partial charge in [-0.1, -0.05) is 17.7 Å². The van der Waals surface area contributed by atoms with Crippen LogP contribution in [0.4, 0.5) is 0 Å². The summed E-state index contributed by atoms with van der Waals surface area (Å²) in [6, 6.07) is 11.9. The quantitative estimate of drug-likeness (QED) is 0.664. The minimum Gasteiger partial charge on any atom is -0.468 e. The number of aromatic nitrogens is 1. The number of nitrogens with zero attached hydrogens (tertiary/aromatic N) is 2. The maximum Gasteiger partial charge on any atom is 0.253 e. The molecule has 0 unspecified atom stereocenters. The van der Waals surface area contributed by atoms with Gasteiger partial charge in [0, 0.05) is 6.20 Å². The number of furan rings is 1. The van der Waals surface area contributed by atoms with Crippen LogP contribution < -0.4 is 0 Å². The third-order valence-corrected chi connectivity index (χ3v) is 6.61. The highest BCUT2D eigenvalue weighted by Crippen LogP contribution is 2.29. The van der Waals surface area contributed by atoms with Gasteiger partial charge in [0.1, 0.15) is 9.97 Å². The summed E-state index contributed by atoms with van der Waals surface area (Å²) in [4.78, 5) is 4.20. The van der Waals surface area contributed by atoms with Crippen LogP contribution in [0.15, 0.2) is 63.6 Å². The van der Waals surface area contributed by atoms with Crippen molar-refractivity contribution < 1.29 is 12.8 Å². The zero-order valence-corrected chi connectivity index (χ0v) is 14.3. The normalized spacial score (nSPS) is 11.9. The van der Waals surface area contributed by atoms with E-state index in [4.69, 9.17) is 16.0 Å². The van der Waals surface area contributed by atoms with Crippen LogP contribution in [0.1, 0.15) is 11.5 Å². The Morgan fingerprint density at radius 3 is 2.61 bits per heavy atom. The van der Waals surface area contributed by atoms with Gasteiger partial charge in [-0.25, -0.2) is 8.42 Å². The van der Waals surface area contributed by atoms with E-state index in [1.807, 2.05) is 6.07 Å². The third-order valence-electron chi connectivity index (χ3n) is 3.12. The topological polar surface area (TPSA) is 63.4 Å². The molecule has 0 saturated carbocycles. The number of rotatable bonds is 6. The molecular formula is C15H13ClN2O3S2. The zero-order chi connectivity index (χ0) is 16.3. The molecule has 23 heavy (non-hydrogen) atoms. The predicted molar refractivity (Wildman–Crippen MR) is 88.7 cm³/mol. The van der Waals surface area contributed by atoms with Crippen molar-refractivity contribution >= 4 is 33.0 Å². The number of hydrogen-bond donors (Lipinski definition) is 0. The average molecular weight is 369 g/mol. The van der Waals surface area contributed by atoms with E-state index in [0.717, 1.165) is 11.3 Å². The maximum absolute atomic E-state index is 12.9. The van der Waals surface area contributed by atoms with Crippen LogP contribution in [0.5, 0.6) is 0 Å². The molecule has 0 aliphatic carbocycles. The van der Waals surface area contributed by atoms with Crippen molar-refractivity contribution in [3.8, 4) is 0 Å². The number of hydrogen-bond acceptors (Lipinski definition) is 5. The molecule has 3 heterocycles. The first-order chi connectivity index (χ1) is 11.1. The summed E-state index contributed by atoms with van der Waals surface area (Å²) in [5.74, 6) is 0.562. The van der Waals surface area contributed by atoms with E-state index in [9.17, 15) is 8.42 Å². The van der Waals surface area contributed by atoms with Crippen LogP contribution in [-0.4, -0.2) is 17.7 Å². The molecule has 0 aliphatic rings. The Morgan fingerprint density at radius 2 is 2.00 bits per heavy atom. The van der Waals surface area contributed by atoms with Gasteiger partial charge in [-0.2, -0.15) is 4.31 Å². The van der Waals surface area contributed by atoms with Gasteiger partial charge >= 0.3 is 0 Å². The second-order valence-corrected chi connectivity index (χ2v) is 8.61. The monoisotopic (exact) mass is 368 g/mol. The van der Waals surface area contributed by atoms with E-state index in [0.29, 0.717) is 15.8 Å². The number of thiophene rings is 1. The molecule has 0 aromatic carbocycles. The second kappa shape index (κ2) is 6.84. The summed E-state index contributed by atoms with van der Waals surface area (Å²) >= 11 is 6.91. The van der Waals surface area contributed by atoms with Crippen molar-refractivity contribution in [3.63, 3.8) is 0 Å². The second-order valence-electron chi connectivity index (χ2n) is 4.73. The van der Waals surface area contributed by atoms with Crippen LogP contribution >= 0.6 is 22.9 Å². The van der Waals surface area contributed by atoms with Crippen molar-refractivity contribution in [2.24, 2.45) is 0 Å². The fourth-order valence-corrected chi connectivity index (χ4v) is 5.05. The van der Waals surface area contributed by atoms with Gasteiger partial charge in [0.2, 0.25) is 0 Å². The van der Waals surface area contributed by atoms with Gasteiger partial charge in [-0.15, -0.1) is 11.3 Å². The molecule has 0 spiro atoms.